The molecule has 0 bridgehead atoms. The Morgan fingerprint density at radius 1 is 1.24 bits per heavy atom. The fourth-order valence-electron chi connectivity index (χ4n) is 2.71. The number of aryl methyl sites for hydroxylation is 2. The van der Waals surface area contributed by atoms with Gasteiger partial charge in [0.25, 0.3) is 5.78 Å². The molecule has 1 fully saturated rings. The molecule has 0 saturated heterocycles. The van der Waals surface area contributed by atoms with Crippen LogP contribution in [0.15, 0.2) is 41.6 Å². The van der Waals surface area contributed by atoms with Crippen LogP contribution in [0.3, 0.4) is 0 Å². The van der Waals surface area contributed by atoms with Crippen molar-refractivity contribution >= 4 is 23.4 Å². The van der Waals surface area contributed by atoms with Crippen LogP contribution >= 0.6 is 11.8 Å². The molecule has 1 amide bonds. The van der Waals surface area contributed by atoms with E-state index >= 15 is 0 Å². The van der Waals surface area contributed by atoms with Crippen LogP contribution in [-0.2, 0) is 4.79 Å². The van der Waals surface area contributed by atoms with Crippen LogP contribution in [0.4, 0.5) is 0 Å². The Kier molecular flexibility index (Phi) is 4.17. The van der Waals surface area contributed by atoms with E-state index in [1.165, 1.54) is 11.8 Å². The van der Waals surface area contributed by atoms with Crippen molar-refractivity contribution in [2.45, 2.75) is 43.1 Å². The number of aromatic nitrogens is 4. The molecule has 1 saturated carbocycles. The Bertz CT molecular complexity index is 920. The second-order valence-electron chi connectivity index (χ2n) is 6.34. The van der Waals surface area contributed by atoms with E-state index in [1.54, 1.807) is 4.52 Å². The molecule has 1 aromatic carbocycles. The Labute approximate surface area is 150 Å². The van der Waals surface area contributed by atoms with E-state index in [4.69, 9.17) is 0 Å². The third-order valence-electron chi connectivity index (χ3n) is 4.09. The number of fused-ring (bicyclic) bond motifs is 1. The molecular weight excluding hydrogens is 334 g/mol. The molecule has 0 radical (unpaired) electrons. The molecule has 3 aromatic rings. The standard InChI is InChI=1S/C18H19N5OS/c1-11-10-12(2)23-17(19-11)21-18(22-23)25-15(13-6-4-3-5-7-13)16(24)20-14-8-9-14/h3-7,10,14-15H,8-9H2,1-2H3,(H,20,24)/t15-/m1/s1. The van der Waals surface area contributed by atoms with Gasteiger partial charge < -0.3 is 5.32 Å². The smallest absolute Gasteiger partial charge is 0.253 e. The molecule has 6 nitrogen and oxygen atoms in total. The van der Waals surface area contributed by atoms with Crippen LogP contribution in [0.1, 0.15) is 35.0 Å². The highest BCUT2D eigenvalue weighted by Gasteiger charge is 2.30. The zero-order valence-electron chi connectivity index (χ0n) is 14.1. The average molecular weight is 353 g/mol. The molecule has 1 aliphatic rings. The number of thioether (sulfide) groups is 1. The first-order valence-electron chi connectivity index (χ1n) is 8.33. The molecule has 1 atom stereocenters. The molecular formula is C18H19N5OS. The third-order valence-corrected chi connectivity index (χ3v) is 5.19. The molecule has 4 rings (SSSR count). The first kappa shape index (κ1) is 16.1. The number of benzene rings is 1. The van der Waals surface area contributed by atoms with E-state index in [9.17, 15) is 4.79 Å². The Morgan fingerprint density at radius 3 is 2.72 bits per heavy atom. The average Bonchev–Trinajstić information content (AvgIpc) is 3.30. The highest BCUT2D eigenvalue weighted by Crippen LogP contribution is 2.35. The van der Waals surface area contributed by atoms with Gasteiger partial charge in [0.15, 0.2) is 0 Å². The van der Waals surface area contributed by atoms with Crippen molar-refractivity contribution in [2.24, 2.45) is 0 Å². The molecule has 1 N–H and O–H groups in total. The van der Waals surface area contributed by atoms with Gasteiger partial charge in [-0.05, 0) is 38.3 Å². The summed E-state index contributed by atoms with van der Waals surface area (Å²) in [7, 11) is 0. The first-order valence-corrected chi connectivity index (χ1v) is 9.21. The minimum Gasteiger partial charge on any atom is -0.352 e. The lowest BCUT2D eigenvalue weighted by atomic mass is 10.1. The summed E-state index contributed by atoms with van der Waals surface area (Å²) in [4.78, 5) is 21.6. The van der Waals surface area contributed by atoms with Gasteiger partial charge in [-0.25, -0.2) is 9.50 Å². The lowest BCUT2D eigenvalue weighted by Gasteiger charge is -2.15. The summed E-state index contributed by atoms with van der Waals surface area (Å²) in [5, 5.41) is 7.79. The molecule has 0 aliphatic heterocycles. The highest BCUT2D eigenvalue weighted by molar-refractivity contribution is 8.00. The van der Waals surface area contributed by atoms with Crippen LogP contribution in [0.25, 0.3) is 5.78 Å². The molecule has 2 aromatic heterocycles. The zero-order valence-corrected chi connectivity index (χ0v) is 15.0. The van der Waals surface area contributed by atoms with Crippen LogP contribution in [-0.4, -0.2) is 31.5 Å². The van der Waals surface area contributed by atoms with Gasteiger partial charge in [-0.15, -0.1) is 5.10 Å². The van der Waals surface area contributed by atoms with Crippen molar-refractivity contribution in [1.29, 1.82) is 0 Å². The molecule has 0 spiro atoms. The maximum absolute atomic E-state index is 12.7. The van der Waals surface area contributed by atoms with Gasteiger partial charge in [-0.2, -0.15) is 4.98 Å². The van der Waals surface area contributed by atoms with Crippen molar-refractivity contribution in [2.75, 3.05) is 0 Å². The summed E-state index contributed by atoms with van der Waals surface area (Å²) in [5.41, 5.74) is 2.82. The zero-order chi connectivity index (χ0) is 17.4. The first-order chi connectivity index (χ1) is 12.1. The van der Waals surface area contributed by atoms with Gasteiger partial charge in [0, 0.05) is 17.4 Å². The molecule has 2 heterocycles. The van der Waals surface area contributed by atoms with Crippen molar-refractivity contribution in [3.8, 4) is 0 Å². The van der Waals surface area contributed by atoms with Gasteiger partial charge >= 0.3 is 0 Å². The van der Waals surface area contributed by atoms with Crippen LogP contribution < -0.4 is 5.32 Å². The Balaban J connectivity index is 1.65. The number of rotatable bonds is 5. The summed E-state index contributed by atoms with van der Waals surface area (Å²) >= 11 is 1.36. The van der Waals surface area contributed by atoms with Gasteiger partial charge in [-0.1, -0.05) is 42.1 Å². The van der Waals surface area contributed by atoms with E-state index in [1.807, 2.05) is 50.2 Å². The van der Waals surface area contributed by atoms with Crippen molar-refractivity contribution in [3.05, 3.63) is 53.3 Å². The summed E-state index contributed by atoms with van der Waals surface area (Å²) in [6, 6.07) is 12.0. The topological polar surface area (TPSA) is 72.2 Å². The van der Waals surface area contributed by atoms with Gasteiger partial charge in [0.05, 0.1) is 0 Å². The fraction of sp³-hybridized carbons (Fsp3) is 0.333. The van der Waals surface area contributed by atoms with Crippen molar-refractivity contribution < 1.29 is 4.79 Å². The quantitative estimate of drug-likeness (QED) is 0.714. The third kappa shape index (κ3) is 3.51. The maximum atomic E-state index is 12.7. The van der Waals surface area contributed by atoms with Crippen molar-refractivity contribution in [1.82, 2.24) is 24.9 Å². The summed E-state index contributed by atoms with van der Waals surface area (Å²) < 4.78 is 1.72. The number of hydrogen-bond donors (Lipinski definition) is 1. The van der Waals surface area contributed by atoms with Crippen molar-refractivity contribution in [3.63, 3.8) is 0 Å². The van der Waals surface area contributed by atoms with Crippen LogP contribution in [0.5, 0.6) is 0 Å². The largest absolute Gasteiger partial charge is 0.352 e. The number of nitrogens with zero attached hydrogens (tertiary/aromatic N) is 4. The monoisotopic (exact) mass is 353 g/mol. The van der Waals surface area contributed by atoms with Crippen LogP contribution in [0, 0.1) is 13.8 Å². The predicted molar refractivity (Wildman–Crippen MR) is 96.5 cm³/mol. The summed E-state index contributed by atoms with van der Waals surface area (Å²) in [6.07, 6.45) is 2.12. The van der Waals surface area contributed by atoms with Gasteiger partial charge in [0.1, 0.15) is 5.25 Å². The predicted octanol–water partition coefficient (Wildman–Crippen LogP) is 2.85. The van der Waals surface area contributed by atoms with Gasteiger partial charge in [0.2, 0.25) is 11.1 Å². The number of amides is 1. The highest BCUT2D eigenvalue weighted by atomic mass is 32.2. The number of nitrogens with one attached hydrogen (secondary N) is 1. The molecule has 128 valence electrons. The van der Waals surface area contributed by atoms with Crippen LogP contribution in [0.2, 0.25) is 0 Å². The fourth-order valence-corrected chi connectivity index (χ4v) is 3.65. The lowest BCUT2D eigenvalue weighted by Crippen LogP contribution is -2.29. The van der Waals surface area contributed by atoms with E-state index in [0.717, 1.165) is 29.8 Å². The van der Waals surface area contributed by atoms with Gasteiger partial charge in [-0.3, -0.25) is 4.79 Å². The summed E-state index contributed by atoms with van der Waals surface area (Å²) in [6.45, 7) is 3.91. The number of hydrogen-bond acceptors (Lipinski definition) is 5. The lowest BCUT2D eigenvalue weighted by molar-refractivity contribution is -0.120. The summed E-state index contributed by atoms with van der Waals surface area (Å²) in [5.74, 6) is 0.577. The maximum Gasteiger partial charge on any atom is 0.253 e. The second kappa shape index (κ2) is 6.48. The molecule has 1 aliphatic carbocycles. The Morgan fingerprint density at radius 2 is 2.00 bits per heavy atom. The molecule has 25 heavy (non-hydrogen) atoms. The van der Waals surface area contributed by atoms with E-state index < -0.39 is 0 Å². The minimum absolute atomic E-state index is 0.0124. The molecule has 0 unspecified atom stereocenters. The normalized spacial score (nSPS) is 15.3. The Hall–Kier alpha value is -2.41. The minimum atomic E-state index is -0.374. The van der Waals surface area contributed by atoms with E-state index in [-0.39, 0.29) is 11.2 Å². The number of carbonyl (C=O) groups excluding carboxylic acids is 1. The number of carbonyl (C=O) groups is 1. The van der Waals surface area contributed by atoms with E-state index in [2.05, 4.69) is 20.4 Å². The van der Waals surface area contributed by atoms with E-state index in [0.29, 0.717) is 17.0 Å². The molecule has 7 heteroatoms. The second-order valence-corrected chi connectivity index (χ2v) is 7.41. The SMILES string of the molecule is Cc1cc(C)n2nc(S[C@@H](C(=O)NC3CC3)c3ccccc3)nc2n1.